The van der Waals surface area contributed by atoms with Crippen molar-refractivity contribution < 1.29 is 4.74 Å². The predicted molar refractivity (Wildman–Crippen MR) is 114 cm³/mol. The number of rotatable bonds is 7. The van der Waals surface area contributed by atoms with Gasteiger partial charge in [0, 0.05) is 25.8 Å². The van der Waals surface area contributed by atoms with Crippen molar-refractivity contribution in [1.29, 1.82) is 0 Å². The van der Waals surface area contributed by atoms with Crippen LogP contribution in [0.15, 0.2) is 48.5 Å². The summed E-state index contributed by atoms with van der Waals surface area (Å²) in [5.41, 5.74) is 9.83. The van der Waals surface area contributed by atoms with Gasteiger partial charge in [-0.3, -0.25) is 0 Å². The van der Waals surface area contributed by atoms with E-state index in [0.717, 1.165) is 40.5 Å². The van der Waals surface area contributed by atoms with Gasteiger partial charge in [0.25, 0.3) is 0 Å². The van der Waals surface area contributed by atoms with Gasteiger partial charge >= 0.3 is 0 Å². The Kier molecular flexibility index (Phi) is 5.59. The maximum Gasteiger partial charge on any atom is 0.140 e. The van der Waals surface area contributed by atoms with Crippen molar-refractivity contribution in [1.82, 2.24) is 9.78 Å². The van der Waals surface area contributed by atoms with E-state index in [2.05, 4.69) is 37.8 Å². The Bertz CT molecular complexity index is 895. The third kappa shape index (κ3) is 4.83. The summed E-state index contributed by atoms with van der Waals surface area (Å²) in [5.74, 6) is 0. The Labute approximate surface area is 156 Å². The number of fused-ring (bicyclic) bond motifs is 1. The predicted octanol–water partition coefficient (Wildman–Crippen LogP) is 5.10. The number of anilines is 1. The molecule has 5 heteroatoms. The molecule has 0 amide bonds. The van der Waals surface area contributed by atoms with Crippen LogP contribution < -0.4 is 5.73 Å². The first-order valence-electron chi connectivity index (χ1n) is 8.99. The Hall–Kier alpha value is -2.37. The highest BCUT2D eigenvalue weighted by Crippen LogP contribution is 2.23. The van der Waals surface area contributed by atoms with Crippen LogP contribution in [0.2, 0.25) is 25.7 Å². The van der Waals surface area contributed by atoms with Gasteiger partial charge in [0.05, 0.1) is 11.2 Å². The lowest BCUT2D eigenvalue weighted by Crippen LogP contribution is -2.22. The second kappa shape index (κ2) is 7.89. The molecule has 2 N–H and O–H groups in total. The van der Waals surface area contributed by atoms with Gasteiger partial charge in [-0.1, -0.05) is 56.0 Å². The topological polar surface area (TPSA) is 53.1 Å². The number of nitrogens with zero attached hydrogens (tertiary/aromatic N) is 2. The van der Waals surface area contributed by atoms with Crippen LogP contribution in [-0.4, -0.2) is 24.5 Å². The quantitative estimate of drug-likeness (QED) is 0.360. The zero-order valence-electron chi connectivity index (χ0n) is 15.8. The Morgan fingerprint density at radius 3 is 2.58 bits per heavy atom. The molecule has 1 aromatic heterocycles. The van der Waals surface area contributed by atoms with Crippen LogP contribution in [-0.2, 0) is 11.5 Å². The molecule has 4 nitrogen and oxygen atoms in total. The van der Waals surface area contributed by atoms with Crippen molar-refractivity contribution >= 4 is 36.8 Å². The number of ether oxygens (including phenoxy) is 1. The molecule has 0 radical (unpaired) electrons. The lowest BCUT2D eigenvalue weighted by atomic mass is 10.1. The molecule has 0 saturated heterocycles. The fourth-order valence-electron chi connectivity index (χ4n) is 2.71. The van der Waals surface area contributed by atoms with Gasteiger partial charge in [-0.15, -0.1) is 0 Å². The lowest BCUT2D eigenvalue weighted by molar-refractivity contribution is 0.0816. The first-order valence-corrected chi connectivity index (χ1v) is 12.7. The minimum Gasteiger partial charge on any atom is -0.399 e. The van der Waals surface area contributed by atoms with E-state index < -0.39 is 8.07 Å². The van der Waals surface area contributed by atoms with Gasteiger partial charge in [-0.25, -0.2) is 4.68 Å². The van der Waals surface area contributed by atoms with Crippen LogP contribution >= 0.6 is 0 Å². The SMILES string of the molecule is C[Si](C)(C)CCOCn1nc(C=Cc2ccccc2)c2cc(N)ccc21. The number of nitrogens with two attached hydrogens (primary N) is 1. The number of benzene rings is 2. The minimum atomic E-state index is -1.08. The van der Waals surface area contributed by atoms with Gasteiger partial charge < -0.3 is 10.5 Å². The van der Waals surface area contributed by atoms with Crippen molar-refractivity contribution in [2.75, 3.05) is 12.3 Å². The molecule has 136 valence electrons. The summed E-state index contributed by atoms with van der Waals surface area (Å²) in [4.78, 5) is 0. The van der Waals surface area contributed by atoms with E-state index in [1.807, 2.05) is 47.2 Å². The summed E-state index contributed by atoms with van der Waals surface area (Å²) in [6, 6.07) is 17.3. The molecule has 0 aliphatic rings. The standard InChI is InChI=1S/C21H27N3OSi/c1-26(2,3)14-13-25-16-24-21-12-10-18(22)15-19(21)20(23-24)11-9-17-7-5-4-6-8-17/h4-12,15H,13-14,16,22H2,1-3H3. The maximum absolute atomic E-state index is 5.99. The number of nitrogen functional groups attached to an aromatic ring is 1. The molecule has 2 aromatic carbocycles. The third-order valence-electron chi connectivity index (χ3n) is 4.25. The molecule has 0 atom stereocenters. The summed E-state index contributed by atoms with van der Waals surface area (Å²) >= 11 is 0. The minimum absolute atomic E-state index is 0.462. The average Bonchev–Trinajstić information content (AvgIpc) is 2.94. The van der Waals surface area contributed by atoms with Crippen LogP contribution in [0.1, 0.15) is 11.3 Å². The van der Waals surface area contributed by atoms with Crippen molar-refractivity contribution in [3.63, 3.8) is 0 Å². The summed E-state index contributed by atoms with van der Waals surface area (Å²) in [7, 11) is -1.08. The number of aromatic nitrogens is 2. The van der Waals surface area contributed by atoms with Crippen molar-refractivity contribution in [2.45, 2.75) is 32.4 Å². The number of hydrogen-bond acceptors (Lipinski definition) is 3. The fourth-order valence-corrected chi connectivity index (χ4v) is 3.47. The second-order valence-electron chi connectivity index (χ2n) is 7.75. The summed E-state index contributed by atoms with van der Waals surface area (Å²) < 4.78 is 7.81. The van der Waals surface area contributed by atoms with E-state index >= 15 is 0 Å². The Morgan fingerprint density at radius 1 is 1.08 bits per heavy atom. The van der Waals surface area contributed by atoms with Crippen LogP contribution in [0.4, 0.5) is 5.69 Å². The largest absolute Gasteiger partial charge is 0.399 e. The molecular weight excluding hydrogens is 338 g/mol. The number of hydrogen-bond donors (Lipinski definition) is 1. The van der Waals surface area contributed by atoms with E-state index in [4.69, 9.17) is 15.6 Å². The van der Waals surface area contributed by atoms with Crippen LogP contribution in [0.3, 0.4) is 0 Å². The van der Waals surface area contributed by atoms with Crippen LogP contribution in [0.25, 0.3) is 23.1 Å². The van der Waals surface area contributed by atoms with E-state index in [-0.39, 0.29) is 0 Å². The molecule has 0 aliphatic heterocycles. The summed E-state index contributed by atoms with van der Waals surface area (Å²) in [5, 5.41) is 5.79. The summed E-state index contributed by atoms with van der Waals surface area (Å²) in [6.07, 6.45) is 4.11. The highest BCUT2D eigenvalue weighted by atomic mass is 28.3. The molecule has 3 rings (SSSR count). The highest BCUT2D eigenvalue weighted by molar-refractivity contribution is 6.76. The van der Waals surface area contributed by atoms with Gasteiger partial charge in [-0.2, -0.15) is 5.10 Å². The van der Waals surface area contributed by atoms with Crippen molar-refractivity contribution in [2.24, 2.45) is 0 Å². The molecule has 0 fully saturated rings. The molecule has 3 aromatic rings. The second-order valence-corrected chi connectivity index (χ2v) is 13.4. The average molecular weight is 366 g/mol. The Morgan fingerprint density at radius 2 is 1.85 bits per heavy atom. The van der Waals surface area contributed by atoms with E-state index in [0.29, 0.717) is 6.73 Å². The normalized spacial score (nSPS) is 12.3. The first kappa shape index (κ1) is 18.4. The van der Waals surface area contributed by atoms with Crippen molar-refractivity contribution in [3.05, 3.63) is 59.8 Å². The van der Waals surface area contributed by atoms with Gasteiger partial charge in [0.2, 0.25) is 0 Å². The van der Waals surface area contributed by atoms with Crippen molar-refractivity contribution in [3.8, 4) is 0 Å². The van der Waals surface area contributed by atoms with E-state index in [1.54, 1.807) is 0 Å². The molecule has 0 saturated carbocycles. The molecular formula is C21H27N3OSi. The van der Waals surface area contributed by atoms with Gasteiger partial charge in [0.1, 0.15) is 6.73 Å². The van der Waals surface area contributed by atoms with E-state index in [1.165, 1.54) is 0 Å². The summed E-state index contributed by atoms with van der Waals surface area (Å²) in [6.45, 7) is 8.31. The molecule has 0 spiro atoms. The molecule has 0 bridgehead atoms. The molecule has 26 heavy (non-hydrogen) atoms. The molecule has 1 heterocycles. The zero-order chi connectivity index (χ0) is 18.6. The van der Waals surface area contributed by atoms with Gasteiger partial charge in [0.15, 0.2) is 0 Å². The lowest BCUT2D eigenvalue weighted by Gasteiger charge is -2.15. The monoisotopic (exact) mass is 365 g/mol. The highest BCUT2D eigenvalue weighted by Gasteiger charge is 2.13. The fraction of sp³-hybridized carbons (Fsp3) is 0.286. The van der Waals surface area contributed by atoms with Crippen LogP contribution in [0.5, 0.6) is 0 Å². The zero-order valence-corrected chi connectivity index (χ0v) is 16.8. The Balaban J connectivity index is 1.82. The third-order valence-corrected chi connectivity index (χ3v) is 5.95. The van der Waals surface area contributed by atoms with E-state index in [9.17, 15) is 0 Å². The maximum atomic E-state index is 5.99. The van der Waals surface area contributed by atoms with Crippen LogP contribution in [0, 0.1) is 0 Å². The molecule has 0 unspecified atom stereocenters. The molecule has 0 aliphatic carbocycles. The smallest absolute Gasteiger partial charge is 0.140 e. The van der Waals surface area contributed by atoms with Gasteiger partial charge in [-0.05, 0) is 35.9 Å². The first-order chi connectivity index (χ1) is 12.4.